The van der Waals surface area contributed by atoms with Crippen molar-refractivity contribution in [1.29, 1.82) is 0 Å². The lowest BCUT2D eigenvalue weighted by molar-refractivity contribution is -0.145. The zero-order valence-electron chi connectivity index (χ0n) is 20.4. The van der Waals surface area contributed by atoms with E-state index >= 15 is 0 Å². The topological polar surface area (TPSA) is 77.0 Å². The smallest absolute Gasteiger partial charge is 0.344 e. The van der Waals surface area contributed by atoms with E-state index in [0.717, 1.165) is 30.4 Å². The molecule has 4 rings (SSSR count). The van der Waals surface area contributed by atoms with E-state index in [-0.39, 0.29) is 18.6 Å². The van der Waals surface area contributed by atoms with E-state index in [4.69, 9.17) is 25.8 Å². The normalized spacial score (nSPS) is 15.6. The minimum Gasteiger partial charge on any atom is -0.487 e. The summed E-state index contributed by atoms with van der Waals surface area (Å²) in [4.78, 5) is 11.6. The number of halogens is 1. The maximum absolute atomic E-state index is 11.6. The number of esters is 1. The highest BCUT2D eigenvalue weighted by molar-refractivity contribution is 6.32. The average Bonchev–Trinajstić information content (AvgIpc) is 2.90. The number of aliphatic hydroxyl groups is 1. The molecule has 3 aromatic carbocycles. The maximum atomic E-state index is 11.6. The average molecular weight is 510 g/mol. The first kappa shape index (κ1) is 26.0. The molecule has 36 heavy (non-hydrogen) atoms. The van der Waals surface area contributed by atoms with Gasteiger partial charge in [-0.05, 0) is 72.7 Å². The van der Waals surface area contributed by atoms with E-state index in [1.165, 1.54) is 11.1 Å². The molecule has 0 radical (unpaired) electrons. The van der Waals surface area contributed by atoms with E-state index < -0.39 is 6.10 Å². The minimum atomic E-state index is -0.689. The third kappa shape index (κ3) is 7.23. The molecule has 0 spiro atoms. The Hall–Kier alpha value is -3.06. The van der Waals surface area contributed by atoms with Crippen LogP contribution in [0.25, 0.3) is 0 Å². The predicted molar refractivity (Wildman–Crippen MR) is 140 cm³/mol. The van der Waals surface area contributed by atoms with Gasteiger partial charge < -0.3 is 24.6 Å². The molecule has 1 aliphatic carbocycles. The van der Waals surface area contributed by atoms with E-state index in [9.17, 15) is 9.90 Å². The first-order valence-corrected chi connectivity index (χ1v) is 12.7. The molecule has 0 amide bonds. The van der Waals surface area contributed by atoms with Crippen molar-refractivity contribution in [1.82, 2.24) is 5.32 Å². The number of aryl methyl sites for hydroxylation is 1. The molecule has 0 saturated carbocycles. The van der Waals surface area contributed by atoms with Crippen molar-refractivity contribution >= 4 is 17.6 Å². The molecule has 0 unspecified atom stereocenters. The van der Waals surface area contributed by atoms with Crippen LogP contribution in [0.1, 0.15) is 41.7 Å². The number of rotatable bonds is 11. The van der Waals surface area contributed by atoms with E-state index in [2.05, 4.69) is 11.4 Å². The molecule has 190 valence electrons. The summed E-state index contributed by atoms with van der Waals surface area (Å²) in [5, 5.41) is 14.7. The van der Waals surface area contributed by atoms with Crippen molar-refractivity contribution in [3.63, 3.8) is 0 Å². The second-order valence-electron chi connectivity index (χ2n) is 8.85. The summed E-state index contributed by atoms with van der Waals surface area (Å²) in [5.41, 5.74) is 4.28. The number of ether oxygens (including phenoxy) is 3. The molecule has 2 atom stereocenters. The number of carbonyl (C=O) groups is 1. The largest absolute Gasteiger partial charge is 0.487 e. The summed E-state index contributed by atoms with van der Waals surface area (Å²) in [6.07, 6.45) is 2.06. The number of fused-ring (bicyclic) bond motifs is 1. The lowest BCUT2D eigenvalue weighted by Gasteiger charge is -2.27. The van der Waals surface area contributed by atoms with Crippen LogP contribution in [-0.4, -0.2) is 36.9 Å². The molecule has 3 aromatic rings. The molecule has 2 N–H and O–H groups in total. The predicted octanol–water partition coefficient (Wildman–Crippen LogP) is 5.04. The highest BCUT2D eigenvalue weighted by atomic mass is 35.5. The third-order valence-electron chi connectivity index (χ3n) is 6.25. The van der Waals surface area contributed by atoms with Gasteiger partial charge in [-0.25, -0.2) is 4.79 Å². The van der Waals surface area contributed by atoms with Crippen molar-refractivity contribution in [2.75, 3.05) is 19.8 Å². The Morgan fingerprint density at radius 2 is 1.92 bits per heavy atom. The fourth-order valence-corrected chi connectivity index (χ4v) is 4.56. The van der Waals surface area contributed by atoms with Crippen LogP contribution in [0.4, 0.5) is 0 Å². The van der Waals surface area contributed by atoms with Crippen LogP contribution in [0.3, 0.4) is 0 Å². The molecule has 0 saturated heterocycles. The Bertz CT molecular complexity index is 1150. The van der Waals surface area contributed by atoms with Crippen molar-refractivity contribution < 1.29 is 24.1 Å². The lowest BCUT2D eigenvalue weighted by atomic mass is 9.88. The maximum Gasteiger partial charge on any atom is 0.344 e. The summed E-state index contributed by atoms with van der Waals surface area (Å²) in [5.74, 6) is 0.876. The summed E-state index contributed by atoms with van der Waals surface area (Å²) >= 11 is 6.43. The molecule has 1 aliphatic rings. The van der Waals surface area contributed by atoms with Crippen LogP contribution in [0.2, 0.25) is 5.02 Å². The molecular formula is C29H32ClNO5. The Morgan fingerprint density at radius 1 is 1.08 bits per heavy atom. The van der Waals surface area contributed by atoms with Crippen molar-refractivity contribution in [3.05, 3.63) is 94.0 Å². The second-order valence-corrected chi connectivity index (χ2v) is 9.26. The Labute approximate surface area is 217 Å². The van der Waals surface area contributed by atoms with Gasteiger partial charge in [0.05, 0.1) is 17.7 Å². The number of hydrogen-bond acceptors (Lipinski definition) is 6. The second kappa shape index (κ2) is 12.8. The molecule has 0 fully saturated rings. The monoisotopic (exact) mass is 509 g/mol. The molecule has 7 heteroatoms. The van der Waals surface area contributed by atoms with Gasteiger partial charge in [0.1, 0.15) is 18.1 Å². The van der Waals surface area contributed by atoms with Gasteiger partial charge in [0, 0.05) is 12.6 Å². The first-order valence-electron chi connectivity index (χ1n) is 12.3. The number of hydrogen-bond donors (Lipinski definition) is 2. The number of nitrogens with one attached hydrogen (secondary N) is 1. The SMILES string of the molecule is CCOC(=O)COc1ccc2c(c1)C[C@@H](NC[C@@H](O)c1ccc(OCc3ccccc3)c(Cl)c1)CC2. The molecule has 6 nitrogen and oxygen atoms in total. The number of aliphatic hydroxyl groups excluding tert-OH is 1. The van der Waals surface area contributed by atoms with Crippen LogP contribution >= 0.6 is 11.6 Å². The van der Waals surface area contributed by atoms with Gasteiger partial charge in [0.15, 0.2) is 6.61 Å². The van der Waals surface area contributed by atoms with Gasteiger partial charge in [-0.1, -0.05) is 54.1 Å². The number of benzene rings is 3. The summed E-state index contributed by atoms with van der Waals surface area (Å²) < 4.78 is 16.3. The van der Waals surface area contributed by atoms with E-state index in [1.807, 2.05) is 48.5 Å². The summed E-state index contributed by atoms with van der Waals surface area (Å²) in [6, 6.07) is 21.5. The fraction of sp³-hybridized carbons (Fsp3) is 0.345. The quantitative estimate of drug-likeness (QED) is 0.353. The van der Waals surface area contributed by atoms with Crippen LogP contribution in [-0.2, 0) is 29.0 Å². The Balaban J connectivity index is 1.28. The van der Waals surface area contributed by atoms with Crippen LogP contribution in [0, 0.1) is 0 Å². The van der Waals surface area contributed by atoms with Crippen LogP contribution < -0.4 is 14.8 Å². The van der Waals surface area contributed by atoms with Gasteiger partial charge in [-0.2, -0.15) is 0 Å². The fourth-order valence-electron chi connectivity index (χ4n) is 4.32. The molecule has 0 heterocycles. The van der Waals surface area contributed by atoms with Gasteiger partial charge >= 0.3 is 5.97 Å². The van der Waals surface area contributed by atoms with Crippen molar-refractivity contribution in [3.8, 4) is 11.5 Å². The summed E-state index contributed by atoms with van der Waals surface area (Å²) in [7, 11) is 0. The van der Waals surface area contributed by atoms with E-state index in [1.54, 1.807) is 19.1 Å². The van der Waals surface area contributed by atoms with Crippen molar-refractivity contribution in [2.24, 2.45) is 0 Å². The molecule has 0 aromatic heterocycles. The summed E-state index contributed by atoms with van der Waals surface area (Å²) in [6.45, 7) is 2.86. The van der Waals surface area contributed by atoms with Crippen LogP contribution in [0.5, 0.6) is 11.5 Å². The zero-order chi connectivity index (χ0) is 25.3. The van der Waals surface area contributed by atoms with E-state index in [0.29, 0.717) is 36.3 Å². The molecular weight excluding hydrogens is 478 g/mol. The van der Waals surface area contributed by atoms with Gasteiger partial charge in [0.2, 0.25) is 0 Å². The standard InChI is InChI=1S/C29H32ClNO5/c1-2-34-29(33)19-35-25-12-9-21-8-11-24(14-23(21)15-25)31-17-27(32)22-10-13-28(26(30)16-22)36-18-20-6-4-3-5-7-20/h3-7,9-10,12-13,15-16,24,27,31-32H,2,8,11,14,17-19H2,1H3/t24-,27+/m0/s1. The third-order valence-corrected chi connectivity index (χ3v) is 6.54. The van der Waals surface area contributed by atoms with Gasteiger partial charge in [-0.3, -0.25) is 0 Å². The highest BCUT2D eigenvalue weighted by Gasteiger charge is 2.21. The van der Waals surface area contributed by atoms with Gasteiger partial charge in [-0.15, -0.1) is 0 Å². The minimum absolute atomic E-state index is 0.0981. The highest BCUT2D eigenvalue weighted by Crippen LogP contribution is 2.29. The molecule has 0 bridgehead atoms. The van der Waals surface area contributed by atoms with Crippen molar-refractivity contribution in [2.45, 2.75) is 44.9 Å². The first-order chi connectivity index (χ1) is 17.5. The number of carbonyl (C=O) groups excluding carboxylic acids is 1. The Kier molecular flexibility index (Phi) is 9.23. The lowest BCUT2D eigenvalue weighted by Crippen LogP contribution is -2.37. The van der Waals surface area contributed by atoms with Crippen LogP contribution in [0.15, 0.2) is 66.7 Å². The van der Waals surface area contributed by atoms with Gasteiger partial charge in [0.25, 0.3) is 0 Å². The zero-order valence-corrected chi connectivity index (χ0v) is 21.2. The Morgan fingerprint density at radius 3 is 2.69 bits per heavy atom. The molecule has 0 aliphatic heterocycles.